The molecule has 1 aromatic heterocycles. The summed E-state index contributed by atoms with van der Waals surface area (Å²) in [6.07, 6.45) is 3.28. The molecule has 1 aromatic carbocycles. The minimum Gasteiger partial charge on any atom is -0.457 e. The number of benzene rings is 1. The lowest BCUT2D eigenvalue weighted by Crippen LogP contribution is -2.27. The van der Waals surface area contributed by atoms with E-state index in [1.54, 1.807) is 36.4 Å². The SMILES string of the molecule is C=CCN1C(=O)C(=Cc2ccc(-c3cc(Cl)c(Cl)cc3Cl)o2)SC1=S. The second kappa shape index (κ2) is 7.56. The predicted octanol–water partition coefficient (Wildman–Crippen LogP) is 6.29. The Morgan fingerprint density at radius 2 is 1.92 bits per heavy atom. The highest BCUT2D eigenvalue weighted by Gasteiger charge is 2.31. The lowest BCUT2D eigenvalue weighted by Gasteiger charge is -2.10. The molecule has 0 bridgehead atoms. The van der Waals surface area contributed by atoms with Gasteiger partial charge in [-0.05, 0) is 24.3 Å². The molecule has 0 radical (unpaired) electrons. The number of nitrogens with zero attached hydrogens (tertiary/aromatic N) is 1. The highest BCUT2D eigenvalue weighted by Crippen LogP contribution is 2.37. The third kappa shape index (κ3) is 3.81. The summed E-state index contributed by atoms with van der Waals surface area (Å²) in [6.45, 7) is 4.01. The van der Waals surface area contributed by atoms with Crippen molar-refractivity contribution in [2.75, 3.05) is 6.54 Å². The molecule has 1 aliphatic rings. The van der Waals surface area contributed by atoms with Crippen molar-refractivity contribution in [2.24, 2.45) is 0 Å². The minimum atomic E-state index is -0.166. The number of thiocarbonyl (C=S) groups is 1. The van der Waals surface area contributed by atoms with E-state index in [9.17, 15) is 4.79 Å². The van der Waals surface area contributed by atoms with Crippen molar-refractivity contribution in [3.05, 3.63) is 62.7 Å². The first-order valence-corrected chi connectivity index (χ1v) is 9.37. The number of hydrogen-bond donors (Lipinski definition) is 0. The van der Waals surface area contributed by atoms with Crippen LogP contribution >= 0.6 is 58.8 Å². The van der Waals surface area contributed by atoms with E-state index in [1.807, 2.05) is 0 Å². The molecule has 3 nitrogen and oxygen atoms in total. The first-order chi connectivity index (χ1) is 11.9. The largest absolute Gasteiger partial charge is 0.457 e. The molecule has 2 aromatic rings. The average Bonchev–Trinajstić information content (AvgIpc) is 3.12. The molecule has 1 amide bonds. The van der Waals surface area contributed by atoms with Gasteiger partial charge in [0.05, 0.1) is 20.0 Å². The summed E-state index contributed by atoms with van der Waals surface area (Å²) in [5.74, 6) is 0.869. The number of amides is 1. The lowest BCUT2D eigenvalue weighted by molar-refractivity contribution is -0.121. The van der Waals surface area contributed by atoms with Crippen molar-refractivity contribution in [1.82, 2.24) is 4.90 Å². The van der Waals surface area contributed by atoms with Crippen LogP contribution in [0.25, 0.3) is 17.4 Å². The molecule has 8 heteroatoms. The number of rotatable bonds is 4. The average molecular weight is 431 g/mol. The van der Waals surface area contributed by atoms with Crippen LogP contribution in [0.1, 0.15) is 5.76 Å². The maximum atomic E-state index is 12.3. The Labute approximate surface area is 169 Å². The second-order valence-corrected chi connectivity index (χ2v) is 7.93. The van der Waals surface area contributed by atoms with E-state index in [0.29, 0.717) is 47.9 Å². The number of halogens is 3. The summed E-state index contributed by atoms with van der Waals surface area (Å²) >= 11 is 24.6. The zero-order valence-electron chi connectivity index (χ0n) is 12.6. The van der Waals surface area contributed by atoms with Crippen LogP contribution in [0.3, 0.4) is 0 Å². The molecule has 128 valence electrons. The van der Waals surface area contributed by atoms with E-state index in [-0.39, 0.29) is 5.91 Å². The maximum absolute atomic E-state index is 12.3. The number of carbonyl (C=O) groups excluding carboxylic acids is 1. The first-order valence-electron chi connectivity index (χ1n) is 7.01. The highest BCUT2D eigenvalue weighted by molar-refractivity contribution is 8.26. The normalized spacial score (nSPS) is 16.1. The second-order valence-electron chi connectivity index (χ2n) is 5.03. The minimum absolute atomic E-state index is 0.166. The number of furan rings is 1. The fourth-order valence-corrected chi connectivity index (χ4v) is 4.10. The quantitative estimate of drug-likeness (QED) is 0.247. The molecule has 0 saturated carbocycles. The molecule has 25 heavy (non-hydrogen) atoms. The van der Waals surface area contributed by atoms with E-state index >= 15 is 0 Å². The zero-order chi connectivity index (χ0) is 18.1. The summed E-state index contributed by atoms with van der Waals surface area (Å²) in [7, 11) is 0. The molecule has 1 saturated heterocycles. The van der Waals surface area contributed by atoms with Crippen LogP contribution in [0.5, 0.6) is 0 Å². The molecule has 0 N–H and O–H groups in total. The molecule has 0 unspecified atom stereocenters. The van der Waals surface area contributed by atoms with Gasteiger partial charge in [0.2, 0.25) is 0 Å². The Hall–Kier alpha value is -1.24. The molecule has 0 spiro atoms. The van der Waals surface area contributed by atoms with Gasteiger partial charge in [-0.15, -0.1) is 6.58 Å². The van der Waals surface area contributed by atoms with E-state index in [4.69, 9.17) is 51.4 Å². The van der Waals surface area contributed by atoms with E-state index in [0.717, 1.165) is 0 Å². The van der Waals surface area contributed by atoms with Gasteiger partial charge in [-0.1, -0.05) is 64.9 Å². The fourth-order valence-electron chi connectivity index (χ4n) is 2.20. The molecule has 0 atom stereocenters. The Balaban J connectivity index is 1.90. The predicted molar refractivity (Wildman–Crippen MR) is 109 cm³/mol. The summed E-state index contributed by atoms with van der Waals surface area (Å²) in [6, 6.07) is 6.69. The Morgan fingerprint density at radius 1 is 1.20 bits per heavy atom. The molecule has 1 aliphatic heterocycles. The van der Waals surface area contributed by atoms with Crippen LogP contribution in [0.15, 0.2) is 46.2 Å². The lowest BCUT2D eigenvalue weighted by atomic mass is 10.2. The Bertz CT molecular complexity index is 921. The highest BCUT2D eigenvalue weighted by atomic mass is 35.5. The van der Waals surface area contributed by atoms with Crippen LogP contribution in [-0.2, 0) is 4.79 Å². The molecule has 2 heterocycles. The summed E-state index contributed by atoms with van der Waals surface area (Å²) in [5, 5.41) is 1.17. The molecular weight excluding hydrogens is 421 g/mol. The van der Waals surface area contributed by atoms with Gasteiger partial charge < -0.3 is 4.42 Å². The van der Waals surface area contributed by atoms with E-state index < -0.39 is 0 Å². The van der Waals surface area contributed by atoms with Crippen LogP contribution in [0, 0.1) is 0 Å². The van der Waals surface area contributed by atoms with Gasteiger partial charge in [0.1, 0.15) is 15.8 Å². The van der Waals surface area contributed by atoms with Gasteiger partial charge in [0, 0.05) is 18.2 Å². The Kier molecular flexibility index (Phi) is 5.61. The standard InChI is InChI=1S/C17H10Cl3NO2S2/c1-2-5-21-16(22)15(25-17(21)24)6-9-3-4-14(23-9)10-7-12(19)13(20)8-11(10)18/h2-4,6-8H,1,5H2. The zero-order valence-corrected chi connectivity index (χ0v) is 16.5. The van der Waals surface area contributed by atoms with Crippen molar-refractivity contribution in [2.45, 2.75) is 0 Å². The summed E-state index contributed by atoms with van der Waals surface area (Å²) < 4.78 is 6.27. The van der Waals surface area contributed by atoms with Crippen molar-refractivity contribution in [1.29, 1.82) is 0 Å². The van der Waals surface area contributed by atoms with Crippen molar-refractivity contribution < 1.29 is 9.21 Å². The molecule has 1 fully saturated rings. The van der Waals surface area contributed by atoms with Gasteiger partial charge in [0.15, 0.2) is 0 Å². The number of thioether (sulfide) groups is 1. The van der Waals surface area contributed by atoms with Gasteiger partial charge in [-0.25, -0.2) is 0 Å². The third-order valence-corrected chi connectivity index (χ3v) is 5.77. The van der Waals surface area contributed by atoms with Crippen LogP contribution < -0.4 is 0 Å². The van der Waals surface area contributed by atoms with Crippen molar-refractivity contribution in [3.63, 3.8) is 0 Å². The topological polar surface area (TPSA) is 33.5 Å². The van der Waals surface area contributed by atoms with Crippen molar-refractivity contribution >= 4 is 75.1 Å². The molecule has 0 aliphatic carbocycles. The molecule has 3 rings (SSSR count). The van der Waals surface area contributed by atoms with Gasteiger partial charge in [0.25, 0.3) is 5.91 Å². The van der Waals surface area contributed by atoms with E-state index in [2.05, 4.69) is 6.58 Å². The summed E-state index contributed by atoms with van der Waals surface area (Å²) in [4.78, 5) is 14.3. The first kappa shape index (κ1) is 18.5. The van der Waals surface area contributed by atoms with Crippen LogP contribution in [-0.4, -0.2) is 21.7 Å². The van der Waals surface area contributed by atoms with Gasteiger partial charge in [-0.3, -0.25) is 9.69 Å². The van der Waals surface area contributed by atoms with Gasteiger partial charge in [-0.2, -0.15) is 0 Å². The smallest absolute Gasteiger partial charge is 0.266 e. The van der Waals surface area contributed by atoms with Crippen LogP contribution in [0.4, 0.5) is 0 Å². The van der Waals surface area contributed by atoms with Gasteiger partial charge >= 0.3 is 0 Å². The third-order valence-electron chi connectivity index (χ3n) is 3.36. The molecular formula is C17H10Cl3NO2S2. The van der Waals surface area contributed by atoms with Crippen molar-refractivity contribution in [3.8, 4) is 11.3 Å². The number of carbonyl (C=O) groups is 1. The summed E-state index contributed by atoms with van der Waals surface area (Å²) in [5.41, 5.74) is 0.620. The Morgan fingerprint density at radius 3 is 2.64 bits per heavy atom. The monoisotopic (exact) mass is 429 g/mol. The maximum Gasteiger partial charge on any atom is 0.266 e. The number of hydrogen-bond acceptors (Lipinski definition) is 4. The fraction of sp³-hybridized carbons (Fsp3) is 0.0588. The van der Waals surface area contributed by atoms with Crippen LogP contribution in [0.2, 0.25) is 15.1 Å². The van der Waals surface area contributed by atoms with E-state index in [1.165, 1.54) is 16.7 Å².